The largest absolute Gasteiger partial charge is 0.487 e. The zero-order chi connectivity index (χ0) is 12.8. The van der Waals surface area contributed by atoms with E-state index in [2.05, 4.69) is 4.98 Å². The minimum atomic E-state index is -0.365. The summed E-state index contributed by atoms with van der Waals surface area (Å²) in [5.41, 5.74) is 6.16. The fraction of sp³-hybridized carbons (Fsp3) is 0.154. The monoisotopic (exact) mass is 247 g/mol. The van der Waals surface area contributed by atoms with Crippen molar-refractivity contribution in [3.8, 4) is 11.4 Å². The molecule has 0 saturated heterocycles. The molecule has 18 heavy (non-hydrogen) atoms. The van der Waals surface area contributed by atoms with Gasteiger partial charge in [0.1, 0.15) is 18.2 Å². The average Bonchev–Trinajstić information content (AvgIpc) is 2.91. The summed E-state index contributed by atoms with van der Waals surface area (Å²) in [5, 5.41) is 0. The van der Waals surface area contributed by atoms with Gasteiger partial charge >= 0.3 is 0 Å². The number of aromatic nitrogens is 2. The van der Waals surface area contributed by atoms with E-state index in [1.807, 2.05) is 22.9 Å². The highest BCUT2D eigenvalue weighted by Crippen LogP contribution is 2.15. The lowest BCUT2D eigenvalue weighted by atomic mass is 10.3. The molecule has 0 spiro atoms. The zero-order valence-corrected chi connectivity index (χ0v) is 9.79. The fourth-order valence-electron chi connectivity index (χ4n) is 1.47. The van der Waals surface area contributed by atoms with Gasteiger partial charge in [0.05, 0.1) is 6.33 Å². The molecular weight excluding hydrogens is 233 g/mol. The Bertz CT molecular complexity index is 506. The average molecular weight is 247 g/mol. The highest BCUT2D eigenvalue weighted by Gasteiger charge is 1.99. The molecule has 1 aromatic heterocycles. The summed E-state index contributed by atoms with van der Waals surface area (Å²) in [6.07, 6.45) is 6.55. The molecule has 0 bridgehead atoms. The number of halogens is 1. The third kappa shape index (κ3) is 3.18. The summed E-state index contributed by atoms with van der Waals surface area (Å²) in [6.45, 7) is 0.0797. The van der Waals surface area contributed by atoms with E-state index in [4.69, 9.17) is 10.5 Å². The molecule has 0 aliphatic carbocycles. The lowest BCUT2D eigenvalue weighted by Gasteiger charge is -2.06. The molecule has 0 radical (unpaired) electrons. The van der Waals surface area contributed by atoms with Gasteiger partial charge in [-0.05, 0) is 30.3 Å². The van der Waals surface area contributed by atoms with Gasteiger partial charge in [0.2, 0.25) is 0 Å². The molecule has 0 unspecified atom stereocenters. The van der Waals surface area contributed by atoms with Gasteiger partial charge < -0.3 is 15.0 Å². The fourth-order valence-corrected chi connectivity index (χ4v) is 1.47. The minimum absolute atomic E-state index is 0.0956. The van der Waals surface area contributed by atoms with Crippen LogP contribution in [0.4, 0.5) is 4.39 Å². The van der Waals surface area contributed by atoms with Crippen molar-refractivity contribution >= 4 is 0 Å². The van der Waals surface area contributed by atoms with E-state index in [0.717, 1.165) is 5.69 Å². The van der Waals surface area contributed by atoms with E-state index in [9.17, 15) is 4.39 Å². The number of benzene rings is 1. The maximum absolute atomic E-state index is 13.0. The summed E-state index contributed by atoms with van der Waals surface area (Å²) in [6, 6.07) is 7.32. The molecule has 2 aromatic rings. The molecule has 4 nitrogen and oxygen atoms in total. The van der Waals surface area contributed by atoms with Crippen molar-refractivity contribution in [1.29, 1.82) is 0 Å². The molecule has 2 N–H and O–H groups in total. The molecule has 0 saturated carbocycles. The number of nitrogens with two attached hydrogens (primary N) is 1. The summed E-state index contributed by atoms with van der Waals surface area (Å²) in [5.74, 6) is 0.246. The smallest absolute Gasteiger partial charge is 0.139 e. The van der Waals surface area contributed by atoms with Gasteiger partial charge in [0.15, 0.2) is 0 Å². The highest BCUT2D eigenvalue weighted by molar-refractivity contribution is 5.37. The van der Waals surface area contributed by atoms with Crippen LogP contribution in [0.25, 0.3) is 5.69 Å². The van der Waals surface area contributed by atoms with Crippen molar-refractivity contribution in [2.45, 2.75) is 0 Å². The van der Waals surface area contributed by atoms with Crippen LogP contribution in [0.2, 0.25) is 0 Å². The van der Waals surface area contributed by atoms with E-state index in [1.165, 1.54) is 6.08 Å². The maximum atomic E-state index is 13.0. The van der Waals surface area contributed by atoms with Crippen LogP contribution in [0.5, 0.6) is 5.75 Å². The Balaban J connectivity index is 1.98. The lowest BCUT2D eigenvalue weighted by Crippen LogP contribution is -2.01. The SMILES string of the molecule is NC/C=C(\F)COc1ccc(-n2ccnc2)cc1. The van der Waals surface area contributed by atoms with Crippen molar-refractivity contribution in [2.75, 3.05) is 13.2 Å². The Labute approximate surface area is 105 Å². The first-order valence-corrected chi connectivity index (χ1v) is 5.55. The van der Waals surface area contributed by atoms with Crippen molar-refractivity contribution in [3.05, 3.63) is 54.9 Å². The third-order valence-corrected chi connectivity index (χ3v) is 2.36. The van der Waals surface area contributed by atoms with E-state index in [-0.39, 0.29) is 19.0 Å². The summed E-state index contributed by atoms with van der Waals surface area (Å²) in [7, 11) is 0. The Morgan fingerprint density at radius 3 is 2.78 bits per heavy atom. The molecule has 0 fully saturated rings. The molecule has 0 atom stereocenters. The number of hydrogen-bond acceptors (Lipinski definition) is 3. The Kier molecular flexibility index (Phi) is 4.09. The predicted molar refractivity (Wildman–Crippen MR) is 67.3 cm³/mol. The van der Waals surface area contributed by atoms with E-state index < -0.39 is 0 Å². The van der Waals surface area contributed by atoms with Crippen LogP contribution >= 0.6 is 0 Å². The van der Waals surface area contributed by atoms with Crippen LogP contribution in [-0.2, 0) is 0 Å². The molecule has 1 heterocycles. The topological polar surface area (TPSA) is 53.1 Å². The van der Waals surface area contributed by atoms with Crippen molar-refractivity contribution in [1.82, 2.24) is 9.55 Å². The quantitative estimate of drug-likeness (QED) is 0.879. The third-order valence-electron chi connectivity index (χ3n) is 2.36. The van der Waals surface area contributed by atoms with Crippen LogP contribution in [0.3, 0.4) is 0 Å². The molecular formula is C13H14FN3O. The van der Waals surface area contributed by atoms with Crippen LogP contribution in [0.15, 0.2) is 54.9 Å². The van der Waals surface area contributed by atoms with E-state index >= 15 is 0 Å². The van der Waals surface area contributed by atoms with E-state index in [1.54, 1.807) is 24.7 Å². The number of hydrogen-bond donors (Lipinski definition) is 1. The Hall–Kier alpha value is -2.14. The van der Waals surface area contributed by atoms with Crippen molar-refractivity contribution in [3.63, 3.8) is 0 Å². The molecule has 0 amide bonds. The van der Waals surface area contributed by atoms with Gasteiger partial charge in [0, 0.05) is 24.6 Å². The van der Waals surface area contributed by atoms with E-state index in [0.29, 0.717) is 5.75 Å². The van der Waals surface area contributed by atoms with Gasteiger partial charge in [0.25, 0.3) is 0 Å². The summed E-state index contributed by atoms with van der Waals surface area (Å²) >= 11 is 0. The Morgan fingerprint density at radius 1 is 1.39 bits per heavy atom. The highest BCUT2D eigenvalue weighted by atomic mass is 19.1. The van der Waals surface area contributed by atoms with Crippen molar-refractivity contribution < 1.29 is 9.13 Å². The van der Waals surface area contributed by atoms with Gasteiger partial charge in [-0.1, -0.05) is 0 Å². The van der Waals surface area contributed by atoms with Gasteiger partial charge in [-0.3, -0.25) is 0 Å². The molecule has 5 heteroatoms. The molecule has 2 rings (SSSR count). The second kappa shape index (κ2) is 5.97. The van der Waals surface area contributed by atoms with Crippen LogP contribution in [0, 0.1) is 0 Å². The van der Waals surface area contributed by atoms with Crippen LogP contribution in [0.1, 0.15) is 0 Å². The molecule has 0 aliphatic rings. The van der Waals surface area contributed by atoms with Gasteiger partial charge in [-0.15, -0.1) is 0 Å². The molecule has 1 aromatic carbocycles. The van der Waals surface area contributed by atoms with Crippen LogP contribution < -0.4 is 10.5 Å². The normalized spacial score (nSPS) is 11.6. The minimum Gasteiger partial charge on any atom is -0.487 e. The predicted octanol–water partition coefficient (Wildman–Crippen LogP) is 2.06. The summed E-state index contributed by atoms with van der Waals surface area (Å²) < 4.78 is 20.2. The second-order valence-electron chi connectivity index (χ2n) is 3.64. The first kappa shape index (κ1) is 12.3. The van der Waals surface area contributed by atoms with Gasteiger partial charge in [-0.2, -0.15) is 0 Å². The number of nitrogens with zero attached hydrogens (tertiary/aromatic N) is 2. The molecule has 0 aliphatic heterocycles. The number of rotatable bonds is 5. The second-order valence-corrected chi connectivity index (χ2v) is 3.64. The first-order valence-electron chi connectivity index (χ1n) is 5.55. The lowest BCUT2D eigenvalue weighted by molar-refractivity contribution is 0.318. The zero-order valence-electron chi connectivity index (χ0n) is 9.79. The first-order chi connectivity index (χ1) is 8.79. The molecule has 94 valence electrons. The summed E-state index contributed by atoms with van der Waals surface area (Å²) in [4.78, 5) is 3.96. The van der Waals surface area contributed by atoms with Crippen molar-refractivity contribution in [2.24, 2.45) is 5.73 Å². The number of ether oxygens (including phenoxy) is 1. The van der Waals surface area contributed by atoms with Gasteiger partial charge in [-0.25, -0.2) is 9.37 Å². The maximum Gasteiger partial charge on any atom is 0.139 e. The number of imidazole rings is 1. The Morgan fingerprint density at radius 2 is 2.17 bits per heavy atom. The van der Waals surface area contributed by atoms with Crippen LogP contribution in [-0.4, -0.2) is 22.7 Å². The standard InChI is InChI=1S/C13H14FN3O/c14-11(5-6-15)9-18-13-3-1-12(2-4-13)17-8-7-16-10-17/h1-5,7-8,10H,6,9,15H2/b11-5-.